The molecule has 1 heterocycles. The van der Waals surface area contributed by atoms with Gasteiger partial charge in [0.15, 0.2) is 0 Å². The van der Waals surface area contributed by atoms with Crippen LogP contribution in [-0.4, -0.2) is 10.9 Å². The molecular weight excluding hydrogens is 400 g/mol. The number of nitrogens with one attached hydrogen (secondary N) is 1. The van der Waals surface area contributed by atoms with E-state index >= 15 is 0 Å². The van der Waals surface area contributed by atoms with Crippen LogP contribution in [0.3, 0.4) is 0 Å². The lowest BCUT2D eigenvalue weighted by molar-refractivity contribution is 0.102. The molecule has 0 aliphatic carbocycles. The Balaban J connectivity index is 1.76. The average molecular weight is 414 g/mol. The lowest BCUT2D eigenvalue weighted by Gasteiger charge is -2.08. The van der Waals surface area contributed by atoms with E-state index in [1.165, 1.54) is 0 Å². The lowest BCUT2D eigenvalue weighted by atomic mass is 10.1. The van der Waals surface area contributed by atoms with Gasteiger partial charge in [0.2, 0.25) is 0 Å². The largest absolute Gasteiger partial charge is 0.322 e. The highest BCUT2D eigenvalue weighted by atomic mass is 79.9. The average Bonchev–Trinajstić information content (AvgIpc) is 2.63. The summed E-state index contributed by atoms with van der Waals surface area (Å²) in [6, 6.07) is 18.5. The predicted molar refractivity (Wildman–Crippen MR) is 107 cm³/mol. The summed E-state index contributed by atoms with van der Waals surface area (Å²) >= 11 is 9.46. The fourth-order valence-electron chi connectivity index (χ4n) is 2.25. The van der Waals surface area contributed by atoms with Gasteiger partial charge in [0.25, 0.3) is 5.91 Å². The third kappa shape index (κ3) is 4.78. The van der Waals surface area contributed by atoms with Gasteiger partial charge in [0, 0.05) is 16.4 Å². The van der Waals surface area contributed by atoms with Crippen molar-refractivity contribution in [3.05, 3.63) is 93.2 Å². The number of anilines is 1. The normalized spacial score (nSPS) is 10.8. The molecule has 0 saturated heterocycles. The molecule has 2 aromatic carbocycles. The topological polar surface area (TPSA) is 42.0 Å². The van der Waals surface area contributed by atoms with Crippen LogP contribution in [0.2, 0.25) is 5.02 Å². The highest BCUT2D eigenvalue weighted by Gasteiger charge is 2.11. The molecule has 0 atom stereocenters. The smallest absolute Gasteiger partial charge is 0.257 e. The fraction of sp³-hybridized carbons (Fsp3) is 0. The number of nitrogens with zero attached hydrogens (tertiary/aromatic N) is 1. The van der Waals surface area contributed by atoms with E-state index in [9.17, 15) is 4.79 Å². The second kappa shape index (κ2) is 8.10. The van der Waals surface area contributed by atoms with Crippen LogP contribution in [0.4, 0.5) is 5.69 Å². The highest BCUT2D eigenvalue weighted by molar-refractivity contribution is 9.10. The predicted octanol–water partition coefficient (Wildman–Crippen LogP) is 5.92. The first-order valence-electron chi connectivity index (χ1n) is 7.57. The Bertz CT molecular complexity index is 926. The molecule has 0 radical (unpaired) electrons. The lowest BCUT2D eigenvalue weighted by Crippen LogP contribution is -2.12. The Hall–Kier alpha value is -2.43. The molecule has 0 aliphatic heterocycles. The van der Waals surface area contributed by atoms with Crippen molar-refractivity contribution in [3.8, 4) is 0 Å². The molecule has 3 rings (SSSR count). The van der Waals surface area contributed by atoms with Gasteiger partial charge in [0.1, 0.15) is 0 Å². The van der Waals surface area contributed by atoms with Crippen LogP contribution in [0, 0.1) is 0 Å². The minimum atomic E-state index is -0.253. The number of hydrogen-bond donors (Lipinski definition) is 1. The van der Waals surface area contributed by atoms with Gasteiger partial charge in [-0.25, -0.2) is 0 Å². The van der Waals surface area contributed by atoms with Crippen molar-refractivity contribution in [1.82, 2.24) is 4.98 Å². The van der Waals surface area contributed by atoms with Crippen LogP contribution in [-0.2, 0) is 0 Å². The highest BCUT2D eigenvalue weighted by Crippen LogP contribution is 2.22. The maximum absolute atomic E-state index is 12.4. The van der Waals surface area contributed by atoms with E-state index in [-0.39, 0.29) is 5.91 Å². The van der Waals surface area contributed by atoms with Crippen LogP contribution in [0.15, 0.2) is 71.3 Å². The van der Waals surface area contributed by atoms with E-state index in [1.54, 1.807) is 24.4 Å². The summed E-state index contributed by atoms with van der Waals surface area (Å²) in [5, 5.41) is 3.28. The summed E-state index contributed by atoms with van der Waals surface area (Å²) in [5.74, 6) is -0.253. The number of halogens is 2. The van der Waals surface area contributed by atoms with Gasteiger partial charge in [-0.05, 0) is 54.1 Å². The van der Waals surface area contributed by atoms with Gasteiger partial charge in [-0.3, -0.25) is 9.78 Å². The number of amides is 1. The van der Waals surface area contributed by atoms with Gasteiger partial charge in [0.05, 0.1) is 16.3 Å². The standard InChI is InChI=1S/C20H14BrClN2O/c21-15-8-10-19(22)18(13-15)20(25)24-17-6-3-4-14(12-17)7-9-16-5-1-2-11-23-16/h1-13H,(H,24,25). The summed E-state index contributed by atoms with van der Waals surface area (Å²) in [6.45, 7) is 0. The number of hydrogen-bond acceptors (Lipinski definition) is 2. The molecule has 0 saturated carbocycles. The first kappa shape index (κ1) is 17.4. The van der Waals surface area contributed by atoms with Crippen LogP contribution < -0.4 is 5.32 Å². The van der Waals surface area contributed by atoms with E-state index in [0.29, 0.717) is 16.3 Å². The van der Waals surface area contributed by atoms with Crippen molar-refractivity contribution >= 4 is 51.3 Å². The van der Waals surface area contributed by atoms with Crippen molar-refractivity contribution in [2.45, 2.75) is 0 Å². The first-order chi connectivity index (χ1) is 12.1. The third-order valence-corrected chi connectivity index (χ3v) is 4.27. The fourth-order valence-corrected chi connectivity index (χ4v) is 2.81. The van der Waals surface area contributed by atoms with Crippen molar-refractivity contribution in [2.24, 2.45) is 0 Å². The molecule has 0 aliphatic rings. The second-order valence-electron chi connectivity index (χ2n) is 5.29. The van der Waals surface area contributed by atoms with Crippen LogP contribution in [0.1, 0.15) is 21.6 Å². The van der Waals surface area contributed by atoms with E-state index in [2.05, 4.69) is 26.2 Å². The Morgan fingerprint density at radius 2 is 1.92 bits per heavy atom. The van der Waals surface area contributed by atoms with Crippen molar-refractivity contribution in [2.75, 3.05) is 5.32 Å². The third-order valence-electron chi connectivity index (χ3n) is 3.45. The molecule has 1 aromatic heterocycles. The molecule has 0 unspecified atom stereocenters. The second-order valence-corrected chi connectivity index (χ2v) is 6.61. The Kier molecular flexibility index (Phi) is 5.64. The molecule has 3 nitrogen and oxygen atoms in total. The molecule has 1 N–H and O–H groups in total. The van der Waals surface area contributed by atoms with Crippen molar-refractivity contribution < 1.29 is 4.79 Å². The molecule has 3 aromatic rings. The zero-order chi connectivity index (χ0) is 17.6. The molecule has 0 fully saturated rings. The monoisotopic (exact) mass is 412 g/mol. The number of benzene rings is 2. The summed E-state index contributed by atoms with van der Waals surface area (Å²) in [6.07, 6.45) is 5.62. The first-order valence-corrected chi connectivity index (χ1v) is 8.74. The molecule has 5 heteroatoms. The van der Waals surface area contributed by atoms with Crippen molar-refractivity contribution in [1.29, 1.82) is 0 Å². The molecular formula is C20H14BrClN2O. The Labute approximate surface area is 159 Å². The van der Waals surface area contributed by atoms with E-state index in [4.69, 9.17) is 11.6 Å². The number of carbonyl (C=O) groups excluding carboxylic acids is 1. The maximum Gasteiger partial charge on any atom is 0.257 e. The van der Waals surface area contributed by atoms with E-state index < -0.39 is 0 Å². The van der Waals surface area contributed by atoms with Crippen molar-refractivity contribution in [3.63, 3.8) is 0 Å². The Morgan fingerprint density at radius 3 is 2.72 bits per heavy atom. The van der Waals surface area contributed by atoms with Gasteiger partial charge in [-0.2, -0.15) is 0 Å². The summed E-state index contributed by atoms with van der Waals surface area (Å²) < 4.78 is 0.800. The van der Waals surface area contributed by atoms with Crippen LogP contribution in [0.25, 0.3) is 12.2 Å². The SMILES string of the molecule is O=C(Nc1cccc(C=Cc2ccccn2)c1)c1cc(Br)ccc1Cl. The van der Waals surface area contributed by atoms with Gasteiger partial charge in [-0.1, -0.05) is 51.8 Å². The summed E-state index contributed by atoms with van der Waals surface area (Å²) in [7, 11) is 0. The van der Waals surface area contributed by atoms with Gasteiger partial charge >= 0.3 is 0 Å². The maximum atomic E-state index is 12.4. The molecule has 1 amide bonds. The summed E-state index contributed by atoms with van der Waals surface area (Å²) in [5.41, 5.74) is 2.95. The summed E-state index contributed by atoms with van der Waals surface area (Å²) in [4.78, 5) is 16.7. The Morgan fingerprint density at radius 1 is 1.04 bits per heavy atom. The molecule has 0 spiro atoms. The zero-order valence-electron chi connectivity index (χ0n) is 13.1. The molecule has 25 heavy (non-hydrogen) atoms. The number of pyridine rings is 1. The van der Waals surface area contributed by atoms with Crippen LogP contribution in [0.5, 0.6) is 0 Å². The molecule has 124 valence electrons. The van der Waals surface area contributed by atoms with Gasteiger partial charge < -0.3 is 5.32 Å². The van der Waals surface area contributed by atoms with E-state index in [1.807, 2.05) is 54.6 Å². The number of rotatable bonds is 4. The van der Waals surface area contributed by atoms with Gasteiger partial charge in [-0.15, -0.1) is 0 Å². The number of carbonyl (C=O) groups is 1. The quantitative estimate of drug-likeness (QED) is 0.577. The zero-order valence-corrected chi connectivity index (χ0v) is 15.5. The minimum Gasteiger partial charge on any atom is -0.322 e. The van der Waals surface area contributed by atoms with E-state index in [0.717, 1.165) is 15.7 Å². The van der Waals surface area contributed by atoms with Crippen LogP contribution >= 0.6 is 27.5 Å². The number of aromatic nitrogens is 1. The molecule has 0 bridgehead atoms. The minimum absolute atomic E-state index is 0.253.